The van der Waals surface area contributed by atoms with E-state index in [-0.39, 0.29) is 18.4 Å². The second-order valence-corrected chi connectivity index (χ2v) is 9.66. The predicted octanol–water partition coefficient (Wildman–Crippen LogP) is 2.24. The van der Waals surface area contributed by atoms with Crippen LogP contribution in [0.5, 0.6) is 0 Å². The van der Waals surface area contributed by atoms with Crippen LogP contribution in [0.1, 0.15) is 57.0 Å². The molecule has 0 unspecified atom stereocenters. The molecule has 3 N–H and O–H groups in total. The summed E-state index contributed by atoms with van der Waals surface area (Å²) in [4.78, 5) is 37.5. The smallest absolute Gasteiger partial charge is 0.408 e. The van der Waals surface area contributed by atoms with E-state index in [4.69, 9.17) is 14.6 Å². The molecule has 0 radical (unpaired) electrons. The third-order valence-electron chi connectivity index (χ3n) is 5.09. The number of benzene rings is 1. The topological polar surface area (TPSA) is 114 Å². The third kappa shape index (κ3) is 8.13. The van der Waals surface area contributed by atoms with Gasteiger partial charge in [-0.05, 0) is 83.1 Å². The fourth-order valence-corrected chi connectivity index (χ4v) is 3.07. The number of amides is 2. The van der Waals surface area contributed by atoms with Crippen molar-refractivity contribution >= 4 is 18.0 Å². The summed E-state index contributed by atoms with van der Waals surface area (Å²) in [5.74, 6) is 10.7. The summed E-state index contributed by atoms with van der Waals surface area (Å²) in [6, 6.07) is 5.34. The first-order valence-corrected chi connectivity index (χ1v) is 11.0. The summed E-state index contributed by atoms with van der Waals surface area (Å²) in [7, 11) is 1.20. The molecule has 0 heterocycles. The van der Waals surface area contributed by atoms with Crippen molar-refractivity contribution in [1.82, 2.24) is 10.6 Å². The van der Waals surface area contributed by atoms with Crippen molar-refractivity contribution in [2.24, 2.45) is 11.8 Å². The first-order chi connectivity index (χ1) is 15.9. The number of methoxy groups -OCH3 is 1. The highest BCUT2D eigenvalue weighted by Gasteiger charge is 2.40. The number of carbonyl (C=O) groups is 3. The van der Waals surface area contributed by atoms with Crippen molar-refractivity contribution in [3.05, 3.63) is 35.4 Å². The van der Waals surface area contributed by atoms with Gasteiger partial charge in [-0.15, -0.1) is 0 Å². The average Bonchev–Trinajstić information content (AvgIpc) is 3.51. The predicted molar refractivity (Wildman–Crippen MR) is 126 cm³/mol. The van der Waals surface area contributed by atoms with Gasteiger partial charge < -0.3 is 25.2 Å². The number of aliphatic hydroxyl groups is 1. The van der Waals surface area contributed by atoms with Crippen LogP contribution in [0.15, 0.2) is 24.3 Å². The molecule has 0 aliphatic heterocycles. The summed E-state index contributed by atoms with van der Waals surface area (Å²) in [6.07, 6.45) is 0.186. The fourth-order valence-electron chi connectivity index (χ4n) is 3.07. The van der Waals surface area contributed by atoms with Gasteiger partial charge >= 0.3 is 12.1 Å². The van der Waals surface area contributed by atoms with E-state index in [1.807, 2.05) is 0 Å². The highest BCUT2D eigenvalue weighted by Crippen LogP contribution is 2.36. The molecule has 2 rings (SSSR count). The van der Waals surface area contributed by atoms with E-state index < -0.39 is 35.2 Å². The van der Waals surface area contributed by atoms with Gasteiger partial charge in [-0.2, -0.15) is 0 Å². The van der Waals surface area contributed by atoms with Crippen LogP contribution in [0.4, 0.5) is 4.79 Å². The number of carbonyl (C=O) groups excluding carboxylic acids is 3. The van der Waals surface area contributed by atoms with Gasteiger partial charge in [-0.3, -0.25) is 4.79 Å². The minimum atomic E-state index is -1.20. The Balaban J connectivity index is 2.06. The summed E-state index contributed by atoms with van der Waals surface area (Å²) in [5.41, 5.74) is -0.939. The Kier molecular flexibility index (Phi) is 8.73. The monoisotopic (exact) mass is 468 g/mol. The molecule has 0 spiro atoms. The Morgan fingerprint density at radius 2 is 1.76 bits per heavy atom. The SMILES string of the molecule is COC(=O)[C@@H](NC(=O)c1ccc(C#CC#C[C@H]2C[C@@H]2CO)cc1)C(C)(C)NC(=O)OC(C)(C)C. The lowest BCUT2D eigenvalue weighted by atomic mass is 9.94. The number of hydrogen-bond donors (Lipinski definition) is 3. The molecule has 8 heteroatoms. The standard InChI is InChI=1S/C26H32N2O6/c1-25(2,3)34-24(32)28-26(4,5)21(23(31)33-6)27-22(30)18-13-11-17(12-14-18)9-7-8-10-19-15-20(19)16-29/h11-14,19-21,29H,15-16H2,1-6H3,(H,27,30)(H,28,32)/t19-,20+,21+/m0/s1. The van der Waals surface area contributed by atoms with E-state index in [0.717, 1.165) is 6.42 Å². The first-order valence-electron chi connectivity index (χ1n) is 11.0. The molecule has 2 amide bonds. The van der Waals surface area contributed by atoms with Crippen LogP contribution in [0, 0.1) is 35.5 Å². The number of hydrogen-bond acceptors (Lipinski definition) is 6. The number of alkyl carbamates (subject to hydrolysis) is 1. The molecule has 8 nitrogen and oxygen atoms in total. The van der Waals surface area contributed by atoms with Gasteiger partial charge in [0.2, 0.25) is 0 Å². The van der Waals surface area contributed by atoms with Gasteiger partial charge in [0.15, 0.2) is 0 Å². The molecular weight excluding hydrogens is 436 g/mol. The molecule has 1 aromatic rings. The fraction of sp³-hybridized carbons (Fsp3) is 0.500. The third-order valence-corrected chi connectivity index (χ3v) is 5.09. The van der Waals surface area contributed by atoms with Gasteiger partial charge in [0.05, 0.1) is 12.6 Å². The Morgan fingerprint density at radius 3 is 2.29 bits per heavy atom. The second-order valence-electron chi connectivity index (χ2n) is 9.66. The average molecular weight is 469 g/mol. The van der Waals surface area contributed by atoms with Crippen molar-refractivity contribution in [1.29, 1.82) is 0 Å². The van der Waals surface area contributed by atoms with Crippen molar-refractivity contribution < 1.29 is 29.0 Å². The molecule has 0 bridgehead atoms. The molecule has 1 aromatic carbocycles. The molecule has 3 atom stereocenters. The summed E-state index contributed by atoms with van der Waals surface area (Å²) in [5, 5.41) is 14.3. The van der Waals surface area contributed by atoms with E-state index in [9.17, 15) is 14.4 Å². The summed E-state index contributed by atoms with van der Waals surface area (Å²) in [6.45, 7) is 8.49. The molecule has 1 aliphatic carbocycles. The van der Waals surface area contributed by atoms with Crippen LogP contribution in [0.3, 0.4) is 0 Å². The van der Waals surface area contributed by atoms with E-state index in [1.165, 1.54) is 7.11 Å². The minimum absolute atomic E-state index is 0.154. The zero-order chi connectivity index (χ0) is 25.5. The normalized spacial score (nSPS) is 17.6. The number of nitrogens with one attached hydrogen (secondary N) is 2. The van der Waals surface area contributed by atoms with Crippen LogP contribution in [0.2, 0.25) is 0 Å². The van der Waals surface area contributed by atoms with Crippen LogP contribution >= 0.6 is 0 Å². The maximum absolute atomic E-state index is 12.8. The van der Waals surface area contributed by atoms with Crippen LogP contribution in [0.25, 0.3) is 0 Å². The molecule has 182 valence electrons. The molecule has 0 saturated heterocycles. The Morgan fingerprint density at radius 1 is 1.12 bits per heavy atom. The molecule has 1 fully saturated rings. The molecule has 34 heavy (non-hydrogen) atoms. The second kappa shape index (κ2) is 11.1. The minimum Gasteiger partial charge on any atom is -0.467 e. The zero-order valence-electron chi connectivity index (χ0n) is 20.4. The van der Waals surface area contributed by atoms with Crippen LogP contribution < -0.4 is 10.6 Å². The van der Waals surface area contributed by atoms with Crippen molar-refractivity contribution in [3.63, 3.8) is 0 Å². The largest absolute Gasteiger partial charge is 0.467 e. The van der Waals surface area contributed by atoms with Gasteiger partial charge in [-0.25, -0.2) is 9.59 Å². The van der Waals surface area contributed by atoms with Crippen molar-refractivity contribution in [2.45, 2.75) is 58.2 Å². The van der Waals surface area contributed by atoms with E-state index in [2.05, 4.69) is 34.3 Å². The molecule has 1 saturated carbocycles. The molecule has 0 aromatic heterocycles. The van der Waals surface area contributed by atoms with Crippen molar-refractivity contribution in [3.8, 4) is 23.7 Å². The highest BCUT2D eigenvalue weighted by atomic mass is 16.6. The lowest BCUT2D eigenvalue weighted by Gasteiger charge is -2.34. The van der Waals surface area contributed by atoms with Gasteiger partial charge in [-0.1, -0.05) is 11.8 Å². The van der Waals surface area contributed by atoms with E-state index in [0.29, 0.717) is 11.1 Å². The number of aliphatic hydroxyl groups excluding tert-OH is 1. The Labute approximate surface area is 200 Å². The lowest BCUT2D eigenvalue weighted by molar-refractivity contribution is -0.144. The summed E-state index contributed by atoms with van der Waals surface area (Å²) < 4.78 is 10.1. The number of rotatable bonds is 6. The quantitative estimate of drug-likeness (QED) is 0.436. The van der Waals surface area contributed by atoms with E-state index >= 15 is 0 Å². The van der Waals surface area contributed by atoms with E-state index in [1.54, 1.807) is 58.9 Å². The number of ether oxygens (including phenoxy) is 2. The highest BCUT2D eigenvalue weighted by molar-refractivity contribution is 5.97. The van der Waals surface area contributed by atoms with Crippen LogP contribution in [-0.2, 0) is 14.3 Å². The zero-order valence-corrected chi connectivity index (χ0v) is 20.4. The first kappa shape index (κ1) is 26.8. The molecular formula is C26H32N2O6. The van der Waals surface area contributed by atoms with Gasteiger partial charge in [0.1, 0.15) is 11.6 Å². The van der Waals surface area contributed by atoms with Crippen molar-refractivity contribution in [2.75, 3.05) is 13.7 Å². The Hall–Kier alpha value is -3.49. The van der Waals surface area contributed by atoms with Gasteiger partial charge in [0, 0.05) is 23.7 Å². The maximum atomic E-state index is 12.8. The molecule has 1 aliphatic rings. The van der Waals surface area contributed by atoms with Crippen LogP contribution in [-0.4, -0.2) is 54.0 Å². The summed E-state index contributed by atoms with van der Waals surface area (Å²) >= 11 is 0. The maximum Gasteiger partial charge on any atom is 0.408 e. The lowest BCUT2D eigenvalue weighted by Crippen LogP contribution is -2.62. The Bertz CT molecular complexity index is 1030. The number of esters is 1. The van der Waals surface area contributed by atoms with Gasteiger partial charge in [0.25, 0.3) is 5.91 Å².